The van der Waals surface area contributed by atoms with Gasteiger partial charge in [0.25, 0.3) is 0 Å². The van der Waals surface area contributed by atoms with Crippen molar-refractivity contribution in [2.45, 2.75) is 53.3 Å². The fourth-order valence-corrected chi connectivity index (χ4v) is 1.45. The van der Waals surface area contributed by atoms with Gasteiger partial charge < -0.3 is 4.74 Å². The van der Waals surface area contributed by atoms with E-state index < -0.39 is 29.3 Å². The molecule has 0 spiro atoms. The van der Waals surface area contributed by atoms with Crippen LogP contribution < -0.4 is 5.32 Å². The third kappa shape index (κ3) is 5.91. The lowest BCUT2D eigenvalue weighted by molar-refractivity contribution is -0.140. The van der Waals surface area contributed by atoms with Gasteiger partial charge in [0, 0.05) is 11.3 Å². The highest BCUT2D eigenvalue weighted by Crippen LogP contribution is 2.34. The van der Waals surface area contributed by atoms with Crippen molar-refractivity contribution in [2.75, 3.05) is 5.32 Å². The molecule has 7 heteroatoms. The van der Waals surface area contributed by atoms with E-state index in [4.69, 9.17) is 4.74 Å². The van der Waals surface area contributed by atoms with Crippen molar-refractivity contribution >= 4 is 11.8 Å². The lowest BCUT2D eigenvalue weighted by Gasteiger charge is -2.20. The van der Waals surface area contributed by atoms with E-state index in [1.807, 2.05) is 13.8 Å². The van der Waals surface area contributed by atoms with Crippen LogP contribution in [0.1, 0.15) is 45.7 Å². The number of nitrogens with one attached hydrogen (secondary N) is 1. The fraction of sp³-hybridized carbons (Fsp3) is 0.533. The maximum absolute atomic E-state index is 13.6. The van der Waals surface area contributed by atoms with Gasteiger partial charge in [0.05, 0.1) is 5.56 Å². The fourth-order valence-electron chi connectivity index (χ4n) is 1.45. The van der Waals surface area contributed by atoms with Crippen LogP contribution in [0.2, 0.25) is 0 Å². The summed E-state index contributed by atoms with van der Waals surface area (Å²) in [5, 5.41) is 2.22. The Morgan fingerprint density at radius 3 is 2.05 bits per heavy atom. The number of halogens is 4. The van der Waals surface area contributed by atoms with E-state index in [-0.39, 0.29) is 11.3 Å². The SMILES string of the molecule is CC.Cc1c(NC(=O)OC(C)(C)C)ccc(C(F)(F)F)c1F. The van der Waals surface area contributed by atoms with Crippen LogP contribution in [0.3, 0.4) is 0 Å². The Hall–Kier alpha value is -1.79. The minimum absolute atomic E-state index is 0.0650. The number of alkyl halides is 3. The zero-order valence-electron chi connectivity index (χ0n) is 13.5. The number of ether oxygens (including phenoxy) is 1. The van der Waals surface area contributed by atoms with Crippen molar-refractivity contribution in [1.29, 1.82) is 0 Å². The first kappa shape index (κ1) is 20.2. The van der Waals surface area contributed by atoms with Gasteiger partial charge in [0.1, 0.15) is 11.4 Å². The molecule has 0 saturated heterocycles. The number of rotatable bonds is 1. The molecule has 3 nitrogen and oxygen atoms in total. The van der Waals surface area contributed by atoms with Gasteiger partial charge in [0.2, 0.25) is 0 Å². The first-order valence-corrected chi connectivity index (χ1v) is 6.78. The lowest BCUT2D eigenvalue weighted by atomic mass is 10.1. The zero-order valence-corrected chi connectivity index (χ0v) is 13.5. The van der Waals surface area contributed by atoms with Crippen LogP contribution in [0, 0.1) is 12.7 Å². The number of amides is 1. The van der Waals surface area contributed by atoms with Crippen LogP contribution in [-0.2, 0) is 10.9 Å². The van der Waals surface area contributed by atoms with Crippen molar-refractivity contribution in [3.63, 3.8) is 0 Å². The highest BCUT2D eigenvalue weighted by atomic mass is 19.4. The van der Waals surface area contributed by atoms with Crippen molar-refractivity contribution < 1.29 is 27.1 Å². The standard InChI is InChI=1S/C13H15F4NO2.C2H6/c1-7-9(18-11(19)20-12(2,3)4)6-5-8(10(7)14)13(15,16)17;1-2/h5-6H,1-4H3,(H,18,19);1-2H3. The highest BCUT2D eigenvalue weighted by molar-refractivity contribution is 5.86. The number of anilines is 1. The first-order valence-electron chi connectivity index (χ1n) is 6.78. The minimum Gasteiger partial charge on any atom is -0.444 e. The summed E-state index contributed by atoms with van der Waals surface area (Å²) in [6.07, 6.45) is -5.64. The number of carbonyl (C=O) groups is 1. The molecule has 0 unspecified atom stereocenters. The summed E-state index contributed by atoms with van der Waals surface area (Å²) in [5.41, 5.74) is -2.50. The molecule has 1 N–H and O–H groups in total. The Balaban J connectivity index is 0.00000211. The molecule has 0 aliphatic rings. The summed E-state index contributed by atoms with van der Waals surface area (Å²) in [6, 6.07) is 1.57. The van der Waals surface area contributed by atoms with Crippen LogP contribution in [-0.4, -0.2) is 11.7 Å². The molecule has 1 amide bonds. The van der Waals surface area contributed by atoms with Gasteiger partial charge in [0.15, 0.2) is 0 Å². The molecule has 0 aromatic heterocycles. The Morgan fingerprint density at radius 2 is 1.64 bits per heavy atom. The van der Waals surface area contributed by atoms with Crippen LogP contribution in [0.15, 0.2) is 12.1 Å². The number of benzene rings is 1. The second-order valence-corrected chi connectivity index (χ2v) is 5.22. The molecule has 0 saturated carbocycles. The highest BCUT2D eigenvalue weighted by Gasteiger charge is 2.35. The Bertz CT molecular complexity index is 519. The average Bonchev–Trinajstić information content (AvgIpc) is 2.33. The van der Waals surface area contributed by atoms with Crippen molar-refractivity contribution in [1.82, 2.24) is 0 Å². The third-order valence-electron chi connectivity index (χ3n) is 2.33. The van der Waals surface area contributed by atoms with E-state index in [9.17, 15) is 22.4 Å². The summed E-state index contributed by atoms with van der Waals surface area (Å²) in [7, 11) is 0. The van der Waals surface area contributed by atoms with Gasteiger partial charge in [-0.25, -0.2) is 9.18 Å². The predicted octanol–water partition coefficient (Wildman–Crippen LogP) is 5.53. The minimum atomic E-state index is -4.78. The molecule has 0 aliphatic carbocycles. The second-order valence-electron chi connectivity index (χ2n) is 5.22. The molecular formula is C15H21F4NO2. The smallest absolute Gasteiger partial charge is 0.419 e. The van der Waals surface area contributed by atoms with Crippen LogP contribution >= 0.6 is 0 Å². The molecule has 126 valence electrons. The maximum atomic E-state index is 13.6. The van der Waals surface area contributed by atoms with Gasteiger partial charge in [-0.05, 0) is 39.8 Å². The van der Waals surface area contributed by atoms with E-state index in [0.717, 1.165) is 13.0 Å². The normalized spacial score (nSPS) is 11.4. The van der Waals surface area contributed by atoms with Crippen molar-refractivity contribution in [3.05, 3.63) is 29.1 Å². The zero-order chi connectivity index (χ0) is 17.7. The van der Waals surface area contributed by atoms with E-state index >= 15 is 0 Å². The average molecular weight is 323 g/mol. The summed E-state index contributed by atoms with van der Waals surface area (Å²) >= 11 is 0. The molecule has 0 radical (unpaired) electrons. The summed E-state index contributed by atoms with van der Waals surface area (Å²) in [4.78, 5) is 11.5. The molecule has 1 aromatic carbocycles. The molecule has 0 bridgehead atoms. The van der Waals surface area contributed by atoms with Crippen LogP contribution in [0.25, 0.3) is 0 Å². The topological polar surface area (TPSA) is 38.3 Å². The molecular weight excluding hydrogens is 302 g/mol. The van der Waals surface area contributed by atoms with Gasteiger partial charge >= 0.3 is 12.3 Å². The first-order chi connectivity index (χ1) is 9.92. The molecule has 0 heterocycles. The van der Waals surface area contributed by atoms with Crippen molar-refractivity contribution in [2.24, 2.45) is 0 Å². The monoisotopic (exact) mass is 323 g/mol. The van der Waals surface area contributed by atoms with E-state index in [2.05, 4.69) is 5.32 Å². The van der Waals surface area contributed by atoms with E-state index in [1.54, 1.807) is 20.8 Å². The Labute approximate surface area is 127 Å². The Kier molecular flexibility index (Phi) is 6.86. The van der Waals surface area contributed by atoms with E-state index in [1.165, 1.54) is 0 Å². The van der Waals surface area contributed by atoms with Crippen molar-refractivity contribution in [3.8, 4) is 0 Å². The third-order valence-corrected chi connectivity index (χ3v) is 2.33. The second kappa shape index (κ2) is 7.47. The maximum Gasteiger partial charge on any atom is 0.419 e. The van der Waals surface area contributed by atoms with Crippen LogP contribution in [0.5, 0.6) is 0 Å². The number of hydrogen-bond acceptors (Lipinski definition) is 2. The number of carbonyl (C=O) groups excluding carboxylic acids is 1. The molecule has 0 fully saturated rings. The summed E-state index contributed by atoms with van der Waals surface area (Å²) in [6.45, 7) is 10.0. The largest absolute Gasteiger partial charge is 0.444 e. The van der Waals surface area contributed by atoms with Gasteiger partial charge in [-0.15, -0.1) is 0 Å². The molecule has 1 aromatic rings. The van der Waals surface area contributed by atoms with Gasteiger partial charge in [-0.2, -0.15) is 13.2 Å². The molecule has 0 atom stereocenters. The summed E-state index contributed by atoms with van der Waals surface area (Å²) in [5.74, 6) is -1.41. The van der Waals surface area contributed by atoms with Gasteiger partial charge in [-0.1, -0.05) is 13.8 Å². The van der Waals surface area contributed by atoms with Crippen LogP contribution in [0.4, 0.5) is 28.0 Å². The van der Waals surface area contributed by atoms with Gasteiger partial charge in [-0.3, -0.25) is 5.32 Å². The molecule has 1 rings (SSSR count). The predicted molar refractivity (Wildman–Crippen MR) is 77.3 cm³/mol. The number of hydrogen-bond donors (Lipinski definition) is 1. The molecule has 22 heavy (non-hydrogen) atoms. The molecule has 0 aliphatic heterocycles. The van der Waals surface area contributed by atoms with E-state index in [0.29, 0.717) is 6.07 Å². The lowest BCUT2D eigenvalue weighted by Crippen LogP contribution is -2.27. The quantitative estimate of drug-likeness (QED) is 0.690. The Morgan fingerprint density at radius 1 is 1.14 bits per heavy atom. The summed E-state index contributed by atoms with van der Waals surface area (Å²) < 4.78 is 56.1.